The molecule has 1 saturated carbocycles. The molecule has 3 nitrogen and oxygen atoms in total. The second-order valence-electron chi connectivity index (χ2n) is 6.24. The van der Waals surface area contributed by atoms with Gasteiger partial charge in [-0.05, 0) is 48.9 Å². The third-order valence-electron chi connectivity index (χ3n) is 4.76. The molecule has 1 amide bonds. The number of amides is 1. The fraction of sp³-hybridized carbons (Fsp3) is 0.588. The normalized spacial score (nSPS) is 25.4. The molecule has 0 saturated heterocycles. The number of hydrogen-bond donors (Lipinski definition) is 2. The average molecular weight is 272 g/mol. The average Bonchev–Trinajstić information content (AvgIpc) is 2.83. The van der Waals surface area contributed by atoms with E-state index in [1.54, 1.807) is 0 Å². The quantitative estimate of drug-likeness (QED) is 0.811. The summed E-state index contributed by atoms with van der Waals surface area (Å²) in [6.07, 6.45) is 7.23. The van der Waals surface area contributed by atoms with Crippen molar-refractivity contribution >= 4 is 11.6 Å². The van der Waals surface area contributed by atoms with E-state index in [4.69, 9.17) is 0 Å². The first-order chi connectivity index (χ1) is 9.74. The Labute approximate surface area is 121 Å². The van der Waals surface area contributed by atoms with E-state index >= 15 is 0 Å². The van der Waals surface area contributed by atoms with Crippen LogP contribution in [0.25, 0.3) is 0 Å². The first-order valence-electron chi connectivity index (χ1n) is 7.92. The second kappa shape index (κ2) is 5.86. The van der Waals surface area contributed by atoms with Crippen LogP contribution in [-0.2, 0) is 6.42 Å². The maximum absolute atomic E-state index is 12.4. The highest BCUT2D eigenvalue weighted by atomic mass is 16.1. The summed E-state index contributed by atoms with van der Waals surface area (Å²) >= 11 is 0. The predicted molar refractivity (Wildman–Crippen MR) is 82.1 cm³/mol. The first kappa shape index (κ1) is 13.5. The van der Waals surface area contributed by atoms with E-state index in [9.17, 15) is 4.79 Å². The molecule has 0 radical (unpaired) electrons. The van der Waals surface area contributed by atoms with Crippen LogP contribution in [0.15, 0.2) is 18.2 Å². The lowest BCUT2D eigenvalue weighted by atomic mass is 9.96. The highest BCUT2D eigenvalue weighted by molar-refractivity contribution is 5.95. The standard InChI is InChI=1S/C17H24N2O/c1-12-5-3-2-4-6-15(12)19-17(20)14-7-8-16-13(11-14)9-10-18-16/h7-8,11-12,15,18H,2-6,9-10H2,1H3,(H,19,20). The third-order valence-corrected chi connectivity index (χ3v) is 4.76. The van der Waals surface area contributed by atoms with Crippen LogP contribution in [0.1, 0.15) is 54.9 Å². The summed E-state index contributed by atoms with van der Waals surface area (Å²) in [5.74, 6) is 0.691. The van der Waals surface area contributed by atoms with Gasteiger partial charge in [0, 0.05) is 23.8 Å². The van der Waals surface area contributed by atoms with Crippen molar-refractivity contribution < 1.29 is 4.79 Å². The van der Waals surface area contributed by atoms with E-state index in [-0.39, 0.29) is 5.91 Å². The molecule has 2 N–H and O–H groups in total. The molecule has 0 spiro atoms. The van der Waals surface area contributed by atoms with Crippen molar-refractivity contribution in [3.8, 4) is 0 Å². The number of hydrogen-bond acceptors (Lipinski definition) is 2. The lowest BCUT2D eigenvalue weighted by molar-refractivity contribution is 0.0921. The Morgan fingerprint density at radius 3 is 3.00 bits per heavy atom. The number of benzene rings is 1. The smallest absolute Gasteiger partial charge is 0.251 e. The minimum atomic E-state index is 0.0958. The van der Waals surface area contributed by atoms with Gasteiger partial charge in [-0.3, -0.25) is 4.79 Å². The summed E-state index contributed by atoms with van der Waals surface area (Å²) in [5.41, 5.74) is 3.26. The molecule has 2 unspecified atom stereocenters. The van der Waals surface area contributed by atoms with Gasteiger partial charge >= 0.3 is 0 Å². The van der Waals surface area contributed by atoms with Crippen molar-refractivity contribution in [3.05, 3.63) is 29.3 Å². The molecule has 1 aliphatic carbocycles. The highest BCUT2D eigenvalue weighted by Crippen LogP contribution is 2.25. The summed E-state index contributed by atoms with van der Waals surface area (Å²) in [5, 5.41) is 6.59. The Morgan fingerprint density at radius 1 is 1.25 bits per heavy atom. The van der Waals surface area contributed by atoms with Crippen LogP contribution >= 0.6 is 0 Å². The van der Waals surface area contributed by atoms with Gasteiger partial charge in [0.1, 0.15) is 0 Å². The van der Waals surface area contributed by atoms with E-state index < -0.39 is 0 Å². The third kappa shape index (κ3) is 2.82. The first-order valence-corrected chi connectivity index (χ1v) is 7.92. The number of carbonyl (C=O) groups excluding carboxylic acids is 1. The van der Waals surface area contributed by atoms with Gasteiger partial charge < -0.3 is 10.6 Å². The van der Waals surface area contributed by atoms with Crippen molar-refractivity contribution in [1.29, 1.82) is 0 Å². The van der Waals surface area contributed by atoms with Crippen LogP contribution in [0.4, 0.5) is 5.69 Å². The minimum Gasteiger partial charge on any atom is -0.384 e. The number of nitrogens with one attached hydrogen (secondary N) is 2. The molecule has 108 valence electrons. The van der Waals surface area contributed by atoms with Gasteiger partial charge in [0.05, 0.1) is 0 Å². The van der Waals surface area contributed by atoms with Crippen molar-refractivity contribution in [2.75, 3.05) is 11.9 Å². The maximum Gasteiger partial charge on any atom is 0.251 e. The van der Waals surface area contributed by atoms with Crippen LogP contribution in [0.2, 0.25) is 0 Å². The van der Waals surface area contributed by atoms with Crippen molar-refractivity contribution in [2.45, 2.75) is 51.5 Å². The fourth-order valence-corrected chi connectivity index (χ4v) is 3.41. The van der Waals surface area contributed by atoms with E-state index in [1.807, 2.05) is 18.2 Å². The van der Waals surface area contributed by atoms with Gasteiger partial charge in [0.2, 0.25) is 0 Å². The summed E-state index contributed by atoms with van der Waals surface area (Å²) in [6.45, 7) is 3.25. The molecule has 20 heavy (non-hydrogen) atoms. The molecule has 1 fully saturated rings. The van der Waals surface area contributed by atoms with Gasteiger partial charge in [-0.15, -0.1) is 0 Å². The van der Waals surface area contributed by atoms with Crippen LogP contribution in [0, 0.1) is 5.92 Å². The topological polar surface area (TPSA) is 41.1 Å². The molecule has 1 aromatic carbocycles. The van der Waals surface area contributed by atoms with Crippen molar-refractivity contribution in [1.82, 2.24) is 5.32 Å². The van der Waals surface area contributed by atoms with Crippen molar-refractivity contribution in [3.63, 3.8) is 0 Å². The Balaban J connectivity index is 1.69. The zero-order chi connectivity index (χ0) is 13.9. The van der Waals surface area contributed by atoms with Gasteiger partial charge in [0.15, 0.2) is 0 Å². The molecule has 1 aliphatic heterocycles. The highest BCUT2D eigenvalue weighted by Gasteiger charge is 2.22. The lowest BCUT2D eigenvalue weighted by Gasteiger charge is -2.23. The van der Waals surface area contributed by atoms with Crippen LogP contribution in [-0.4, -0.2) is 18.5 Å². The van der Waals surface area contributed by atoms with E-state index in [2.05, 4.69) is 17.6 Å². The summed E-state index contributed by atoms with van der Waals surface area (Å²) in [7, 11) is 0. The summed E-state index contributed by atoms with van der Waals surface area (Å²) in [6, 6.07) is 6.37. The molecule has 3 heteroatoms. The minimum absolute atomic E-state index is 0.0958. The van der Waals surface area contributed by atoms with E-state index in [0.717, 1.165) is 24.9 Å². The van der Waals surface area contributed by atoms with Gasteiger partial charge in [0.25, 0.3) is 5.91 Å². The Hall–Kier alpha value is -1.51. The molecule has 0 aromatic heterocycles. The molecular weight excluding hydrogens is 248 g/mol. The summed E-state index contributed by atoms with van der Waals surface area (Å²) in [4.78, 5) is 12.4. The lowest BCUT2D eigenvalue weighted by Crippen LogP contribution is -2.38. The largest absolute Gasteiger partial charge is 0.384 e. The molecular formula is C17H24N2O. The number of carbonyl (C=O) groups is 1. The Morgan fingerprint density at radius 2 is 2.10 bits per heavy atom. The summed E-state index contributed by atoms with van der Waals surface area (Å²) < 4.78 is 0. The van der Waals surface area contributed by atoms with Crippen LogP contribution in [0.5, 0.6) is 0 Å². The van der Waals surface area contributed by atoms with Gasteiger partial charge in [-0.1, -0.05) is 26.2 Å². The zero-order valence-corrected chi connectivity index (χ0v) is 12.2. The molecule has 3 rings (SSSR count). The van der Waals surface area contributed by atoms with E-state index in [0.29, 0.717) is 12.0 Å². The Kier molecular flexibility index (Phi) is 3.95. The predicted octanol–water partition coefficient (Wildman–Crippen LogP) is 3.35. The zero-order valence-electron chi connectivity index (χ0n) is 12.2. The SMILES string of the molecule is CC1CCCCCC1NC(=O)c1ccc2c(c1)CCN2. The van der Waals surface area contributed by atoms with Crippen LogP contribution < -0.4 is 10.6 Å². The molecule has 2 atom stereocenters. The molecule has 1 aromatic rings. The van der Waals surface area contributed by atoms with Gasteiger partial charge in [-0.25, -0.2) is 0 Å². The monoisotopic (exact) mass is 272 g/mol. The molecule has 2 aliphatic rings. The molecule has 1 heterocycles. The fourth-order valence-electron chi connectivity index (χ4n) is 3.41. The Bertz CT molecular complexity index is 498. The second-order valence-corrected chi connectivity index (χ2v) is 6.24. The maximum atomic E-state index is 12.4. The number of fused-ring (bicyclic) bond motifs is 1. The number of rotatable bonds is 2. The van der Waals surface area contributed by atoms with Crippen molar-refractivity contribution in [2.24, 2.45) is 5.92 Å². The van der Waals surface area contributed by atoms with Crippen LogP contribution in [0.3, 0.4) is 0 Å². The van der Waals surface area contributed by atoms with E-state index in [1.165, 1.54) is 36.9 Å². The van der Waals surface area contributed by atoms with Gasteiger partial charge in [-0.2, -0.15) is 0 Å². The number of anilines is 1. The molecule has 0 bridgehead atoms.